The molecule has 0 unspecified atom stereocenters. The molecule has 65 heavy (non-hydrogen) atoms. The quantitative estimate of drug-likeness (QED) is 0.0642. The highest BCUT2D eigenvalue weighted by atomic mass is 16.4. The van der Waals surface area contributed by atoms with Gasteiger partial charge in [-0.25, -0.2) is 9.59 Å². The SMILES string of the molecule is CC[C@@H](C)[C@H]1C(=O)N[C@@H](Cc2ccc(O)cc2)C(=O)NCCCC[C@@H](NC(=O)N[C@@H](CCCN=C(N)N)C(=O)O)C(=O)N[C@@H]([C@@H](C)CC)C(=O)N[C@@H](CCc2ccc(O)cc2)C(=O)N1C. The number of guanidine groups is 1. The van der Waals surface area contributed by atoms with Gasteiger partial charge in [0.05, 0.1) is 0 Å². The van der Waals surface area contributed by atoms with Crippen molar-refractivity contribution in [3.63, 3.8) is 0 Å². The fourth-order valence-corrected chi connectivity index (χ4v) is 7.40. The fraction of sp³-hybridized carbons (Fsp3) is 0.556. The molecule has 1 saturated heterocycles. The number of aryl methyl sites for hydroxylation is 1. The number of phenolic OH excluding ortho intramolecular Hbond substituents is 2. The second-order valence-corrected chi connectivity index (χ2v) is 16.6. The van der Waals surface area contributed by atoms with E-state index in [0.29, 0.717) is 24.8 Å². The highest BCUT2D eigenvalue weighted by Crippen LogP contribution is 2.20. The molecule has 8 atom stereocenters. The Bertz CT molecular complexity index is 1940. The molecule has 13 N–H and O–H groups in total. The van der Waals surface area contributed by atoms with Gasteiger partial charge in [0, 0.05) is 26.6 Å². The summed E-state index contributed by atoms with van der Waals surface area (Å²) in [5, 5.41) is 45.9. The Labute approximate surface area is 380 Å². The van der Waals surface area contributed by atoms with E-state index in [2.05, 4.69) is 36.9 Å². The zero-order chi connectivity index (χ0) is 48.2. The van der Waals surface area contributed by atoms with E-state index < -0.39 is 89.6 Å². The van der Waals surface area contributed by atoms with Crippen LogP contribution in [0.5, 0.6) is 11.5 Å². The van der Waals surface area contributed by atoms with Crippen LogP contribution < -0.4 is 43.4 Å². The van der Waals surface area contributed by atoms with E-state index in [1.165, 1.54) is 36.2 Å². The fourth-order valence-electron chi connectivity index (χ4n) is 7.40. The van der Waals surface area contributed by atoms with Crippen molar-refractivity contribution in [1.29, 1.82) is 0 Å². The molecule has 2 aromatic carbocycles. The number of nitrogens with one attached hydrogen (secondary N) is 6. The molecule has 20 nitrogen and oxygen atoms in total. The van der Waals surface area contributed by atoms with Gasteiger partial charge in [0.15, 0.2) is 5.96 Å². The molecule has 0 saturated carbocycles. The number of amides is 7. The lowest BCUT2D eigenvalue weighted by Gasteiger charge is -2.35. The second-order valence-electron chi connectivity index (χ2n) is 16.6. The summed E-state index contributed by atoms with van der Waals surface area (Å²) in [5.41, 5.74) is 12.1. The van der Waals surface area contributed by atoms with Crippen LogP contribution in [0.15, 0.2) is 53.5 Å². The molecule has 0 aliphatic carbocycles. The molecule has 358 valence electrons. The van der Waals surface area contributed by atoms with Crippen LogP contribution in [0.25, 0.3) is 0 Å². The summed E-state index contributed by atoms with van der Waals surface area (Å²) in [7, 11) is 1.46. The normalized spacial score (nSPS) is 22.0. The number of aliphatic imine (C=N–C) groups is 1. The summed E-state index contributed by atoms with van der Waals surface area (Å²) < 4.78 is 0. The highest BCUT2D eigenvalue weighted by molar-refractivity contribution is 5.97. The Kier molecular flexibility index (Phi) is 21.3. The van der Waals surface area contributed by atoms with Crippen LogP contribution in [0.3, 0.4) is 0 Å². The number of aliphatic carboxylic acids is 1. The zero-order valence-corrected chi connectivity index (χ0v) is 38.0. The molecule has 7 amide bonds. The van der Waals surface area contributed by atoms with Gasteiger partial charge in [-0.3, -0.25) is 29.0 Å². The number of carbonyl (C=O) groups excluding carboxylic acids is 6. The minimum Gasteiger partial charge on any atom is -0.508 e. The summed E-state index contributed by atoms with van der Waals surface area (Å²) in [6.07, 6.45) is 2.05. The first kappa shape index (κ1) is 52.7. The maximum Gasteiger partial charge on any atom is 0.326 e. The Morgan fingerprint density at radius 3 is 2.00 bits per heavy atom. The number of rotatable bonds is 16. The summed E-state index contributed by atoms with van der Waals surface area (Å²) in [5.74, 6) is -5.47. The number of likely N-dealkylation sites (N-methyl/N-ethyl adjacent to an activating group) is 1. The monoisotopic (exact) mass is 909 g/mol. The number of carboxylic acids is 1. The number of hydrogen-bond donors (Lipinski definition) is 11. The van der Waals surface area contributed by atoms with Crippen LogP contribution in [0.1, 0.15) is 90.2 Å². The molecule has 0 bridgehead atoms. The van der Waals surface area contributed by atoms with Gasteiger partial charge in [-0.15, -0.1) is 0 Å². The van der Waals surface area contributed by atoms with Crippen LogP contribution in [0.2, 0.25) is 0 Å². The van der Waals surface area contributed by atoms with Crippen molar-refractivity contribution in [2.75, 3.05) is 20.1 Å². The summed E-state index contributed by atoms with van der Waals surface area (Å²) in [6.45, 7) is 7.46. The van der Waals surface area contributed by atoms with Crippen molar-refractivity contribution < 1.29 is 48.9 Å². The van der Waals surface area contributed by atoms with Gasteiger partial charge in [-0.05, 0) is 92.2 Å². The van der Waals surface area contributed by atoms with Gasteiger partial charge in [-0.1, -0.05) is 64.8 Å². The standard InChI is InChI=1S/C45H68N10O10/c1-6-26(3)36-40(60)50-33(22-17-28-13-18-30(56)19-14-28)42(62)55(5)37(27(4)7-2)41(61)51-35(25-29-15-20-31(57)21-16-29)38(58)48-23-9-8-11-32(39(59)54-36)52-45(65)53-34(43(63)64)12-10-24-49-44(46)47/h13-16,18-21,26-27,32-37,56-57H,6-12,17,22-25H2,1-5H3,(H,48,58)(H,50,60)(H,51,61)(H,54,59)(H,63,64)(H4,46,47,49)(H2,52,53,65)/t26-,27+,32+,33-,34-,35-,36-,37-/m0/s1. The molecular formula is C45H68N10O10. The molecule has 0 aromatic heterocycles. The van der Waals surface area contributed by atoms with E-state index in [1.54, 1.807) is 38.1 Å². The topological polar surface area (TPSA) is 320 Å². The van der Waals surface area contributed by atoms with Gasteiger partial charge in [0.25, 0.3) is 0 Å². The van der Waals surface area contributed by atoms with E-state index in [0.717, 1.165) is 5.56 Å². The number of urea groups is 1. The summed E-state index contributed by atoms with van der Waals surface area (Å²) >= 11 is 0. The van der Waals surface area contributed by atoms with E-state index in [-0.39, 0.29) is 75.5 Å². The van der Waals surface area contributed by atoms with Crippen molar-refractivity contribution >= 4 is 47.5 Å². The van der Waals surface area contributed by atoms with Crippen molar-refractivity contribution in [3.8, 4) is 11.5 Å². The molecule has 1 fully saturated rings. The maximum atomic E-state index is 14.7. The molecule has 0 spiro atoms. The Balaban J connectivity index is 2.06. The Hall–Kier alpha value is -6.60. The van der Waals surface area contributed by atoms with E-state index >= 15 is 0 Å². The lowest BCUT2D eigenvalue weighted by atomic mass is 9.94. The average molecular weight is 909 g/mol. The summed E-state index contributed by atoms with van der Waals surface area (Å²) in [6, 6.07) is 4.32. The molecule has 1 aliphatic heterocycles. The first-order chi connectivity index (χ1) is 30.8. The molecule has 0 radical (unpaired) electrons. The molecule has 2 aromatic rings. The molecule has 3 rings (SSSR count). The Morgan fingerprint density at radius 1 is 0.815 bits per heavy atom. The van der Waals surface area contributed by atoms with Crippen LogP contribution in [-0.4, -0.2) is 124 Å². The third-order valence-electron chi connectivity index (χ3n) is 11.7. The third kappa shape index (κ3) is 17.1. The molecule has 20 heteroatoms. The first-order valence-electron chi connectivity index (χ1n) is 22.2. The lowest BCUT2D eigenvalue weighted by molar-refractivity contribution is -0.144. The number of hydrogen-bond acceptors (Lipinski definition) is 10. The van der Waals surface area contributed by atoms with Gasteiger partial charge < -0.3 is 63.6 Å². The molecule has 1 heterocycles. The number of nitrogens with zero attached hydrogens (tertiary/aromatic N) is 2. The molecular weight excluding hydrogens is 841 g/mol. The van der Waals surface area contributed by atoms with Crippen molar-refractivity contribution in [2.24, 2.45) is 28.3 Å². The van der Waals surface area contributed by atoms with E-state index in [9.17, 15) is 48.9 Å². The Morgan fingerprint density at radius 2 is 1.42 bits per heavy atom. The van der Waals surface area contributed by atoms with Crippen LogP contribution in [0, 0.1) is 11.8 Å². The van der Waals surface area contributed by atoms with Gasteiger partial charge >= 0.3 is 12.0 Å². The van der Waals surface area contributed by atoms with Crippen LogP contribution >= 0.6 is 0 Å². The van der Waals surface area contributed by atoms with Gasteiger partial charge in [-0.2, -0.15) is 0 Å². The minimum absolute atomic E-state index is 0.00892. The number of benzene rings is 2. The van der Waals surface area contributed by atoms with Crippen LogP contribution in [0.4, 0.5) is 4.79 Å². The van der Waals surface area contributed by atoms with Crippen molar-refractivity contribution in [3.05, 3.63) is 59.7 Å². The number of aromatic hydroxyl groups is 2. The largest absolute Gasteiger partial charge is 0.508 e. The highest BCUT2D eigenvalue weighted by Gasteiger charge is 2.38. The number of carboxylic acid groups (broad SMARTS) is 1. The maximum absolute atomic E-state index is 14.7. The van der Waals surface area contributed by atoms with Crippen LogP contribution in [-0.2, 0) is 41.6 Å². The average Bonchev–Trinajstić information content (AvgIpc) is 3.27. The van der Waals surface area contributed by atoms with E-state index in [1.807, 2.05) is 13.8 Å². The molecule has 1 aliphatic rings. The number of phenols is 2. The minimum atomic E-state index is -1.35. The lowest BCUT2D eigenvalue weighted by Crippen LogP contribution is -2.61. The van der Waals surface area contributed by atoms with Crippen molar-refractivity contribution in [1.82, 2.24) is 36.8 Å². The van der Waals surface area contributed by atoms with Crippen molar-refractivity contribution in [2.45, 2.75) is 128 Å². The smallest absolute Gasteiger partial charge is 0.326 e. The predicted molar refractivity (Wildman–Crippen MR) is 243 cm³/mol. The van der Waals surface area contributed by atoms with Gasteiger partial charge in [0.1, 0.15) is 47.8 Å². The third-order valence-corrected chi connectivity index (χ3v) is 11.7. The van der Waals surface area contributed by atoms with Gasteiger partial charge in [0.2, 0.25) is 29.5 Å². The first-order valence-corrected chi connectivity index (χ1v) is 22.2. The number of carbonyl (C=O) groups is 7. The zero-order valence-electron chi connectivity index (χ0n) is 38.0. The predicted octanol–water partition coefficient (Wildman–Crippen LogP) is 1.12. The second kappa shape index (κ2) is 26.3. The van der Waals surface area contributed by atoms with E-state index in [4.69, 9.17) is 11.5 Å². The summed E-state index contributed by atoms with van der Waals surface area (Å²) in [4.78, 5) is 102. The number of nitrogens with two attached hydrogens (primary N) is 2.